The predicted octanol–water partition coefficient (Wildman–Crippen LogP) is 16.0. The molecule has 9 heteroatoms. The largest absolute Gasteiger partial charge is 0.356 e. The summed E-state index contributed by atoms with van der Waals surface area (Å²) in [4.78, 5) is 57.8. The molecule has 0 aromatic heterocycles. The molecule has 0 aromatic carbocycles. The molecule has 0 radical (unpaired) electrons. The van der Waals surface area contributed by atoms with E-state index in [0.717, 1.165) is 58.0 Å². The molecular formula is C60H122N4O5. The molecule has 0 saturated heterocycles. The van der Waals surface area contributed by atoms with Crippen molar-refractivity contribution in [1.29, 1.82) is 0 Å². The molecule has 69 heavy (non-hydrogen) atoms. The van der Waals surface area contributed by atoms with Crippen LogP contribution in [-0.2, 0) is 24.0 Å². The molecule has 0 unspecified atom stereocenters. The first-order valence-electron chi connectivity index (χ1n) is 27.5. The maximum absolute atomic E-state index is 11.7. The summed E-state index contributed by atoms with van der Waals surface area (Å²) in [7, 11) is 0. The molecule has 0 aliphatic heterocycles. The third-order valence-corrected chi connectivity index (χ3v) is 10.5. The van der Waals surface area contributed by atoms with E-state index < -0.39 is 0 Å². The summed E-state index contributed by atoms with van der Waals surface area (Å²) in [5.41, 5.74) is 0.913. The van der Waals surface area contributed by atoms with Gasteiger partial charge in [0, 0.05) is 61.7 Å². The Hall–Kier alpha value is -2.45. The van der Waals surface area contributed by atoms with Crippen molar-refractivity contribution in [3.63, 3.8) is 0 Å². The molecule has 0 aromatic rings. The van der Waals surface area contributed by atoms with Crippen LogP contribution >= 0.6 is 0 Å². The van der Waals surface area contributed by atoms with Gasteiger partial charge >= 0.3 is 0 Å². The minimum absolute atomic E-state index is 0.0530. The lowest BCUT2D eigenvalue weighted by molar-refractivity contribution is -0.126. The van der Waals surface area contributed by atoms with E-state index in [9.17, 15) is 24.0 Å². The molecule has 412 valence electrons. The Kier molecular flexibility index (Phi) is 37.7. The molecule has 0 atom stereocenters. The maximum Gasteiger partial charge on any atom is 0.220 e. The molecule has 4 amide bonds. The Labute approximate surface area is 430 Å². The quantitative estimate of drug-likeness (QED) is 0.0715. The highest BCUT2D eigenvalue weighted by Crippen LogP contribution is 2.25. The van der Waals surface area contributed by atoms with Crippen molar-refractivity contribution in [2.75, 3.05) is 13.1 Å². The molecule has 0 bridgehead atoms. The van der Waals surface area contributed by atoms with E-state index in [-0.39, 0.29) is 56.4 Å². The van der Waals surface area contributed by atoms with Gasteiger partial charge in [-0.2, -0.15) is 0 Å². The third-order valence-electron chi connectivity index (χ3n) is 10.5. The van der Waals surface area contributed by atoms with Gasteiger partial charge in [-0.3, -0.25) is 24.0 Å². The van der Waals surface area contributed by atoms with E-state index in [2.05, 4.69) is 125 Å². The molecule has 0 aliphatic carbocycles. The summed E-state index contributed by atoms with van der Waals surface area (Å²) in [5, 5.41) is 11.9. The number of hydrogen-bond donors (Lipinski definition) is 4. The molecule has 0 fully saturated rings. The van der Waals surface area contributed by atoms with E-state index >= 15 is 0 Å². The molecule has 0 aliphatic rings. The predicted molar refractivity (Wildman–Crippen MR) is 301 cm³/mol. The van der Waals surface area contributed by atoms with Crippen LogP contribution in [0.2, 0.25) is 0 Å². The van der Waals surface area contributed by atoms with Crippen LogP contribution in [0.3, 0.4) is 0 Å². The zero-order valence-electron chi connectivity index (χ0n) is 50.8. The maximum atomic E-state index is 11.7. The van der Waals surface area contributed by atoms with Crippen molar-refractivity contribution in [3.8, 4) is 0 Å². The molecule has 4 N–H and O–H groups in total. The second-order valence-electron chi connectivity index (χ2n) is 29.2. The Morgan fingerprint density at radius 1 is 0.290 bits per heavy atom. The number of ketones is 1. The van der Waals surface area contributed by atoms with Crippen molar-refractivity contribution in [2.45, 2.75) is 312 Å². The van der Waals surface area contributed by atoms with Gasteiger partial charge < -0.3 is 21.3 Å². The van der Waals surface area contributed by atoms with Gasteiger partial charge in [-0.1, -0.05) is 182 Å². The van der Waals surface area contributed by atoms with Crippen LogP contribution in [0.25, 0.3) is 0 Å². The zero-order chi connectivity index (χ0) is 55.0. The fourth-order valence-corrected chi connectivity index (χ4v) is 6.74. The number of carbonyl (C=O) groups is 5. The first kappa shape index (κ1) is 73.1. The third kappa shape index (κ3) is 69.9. The van der Waals surface area contributed by atoms with Crippen molar-refractivity contribution < 1.29 is 24.0 Å². The van der Waals surface area contributed by atoms with Gasteiger partial charge in [0.15, 0.2) is 0 Å². The van der Waals surface area contributed by atoms with E-state index in [0.29, 0.717) is 48.7 Å². The molecule has 0 saturated carbocycles. The Balaban J connectivity index is -0.000000412. The molecule has 0 spiro atoms. The van der Waals surface area contributed by atoms with E-state index in [4.69, 9.17) is 0 Å². The Morgan fingerprint density at radius 3 is 0.884 bits per heavy atom. The first-order valence-corrected chi connectivity index (χ1v) is 27.5. The molecular weight excluding hydrogens is 857 g/mol. The minimum Gasteiger partial charge on any atom is -0.356 e. The van der Waals surface area contributed by atoms with Gasteiger partial charge in [0.2, 0.25) is 23.6 Å². The van der Waals surface area contributed by atoms with Gasteiger partial charge in [-0.05, 0) is 114 Å². The highest BCUT2D eigenvalue weighted by Gasteiger charge is 2.21. The Bertz CT molecular complexity index is 1310. The summed E-state index contributed by atoms with van der Waals surface area (Å²) in [5.74, 6) is 1.02. The number of rotatable bonds is 24. The van der Waals surface area contributed by atoms with Crippen molar-refractivity contribution >= 4 is 29.4 Å². The van der Waals surface area contributed by atoms with Crippen LogP contribution in [0.5, 0.6) is 0 Å². The van der Waals surface area contributed by atoms with E-state index in [1.807, 2.05) is 62.3 Å². The van der Waals surface area contributed by atoms with Gasteiger partial charge in [0.05, 0.1) is 0 Å². The zero-order valence-corrected chi connectivity index (χ0v) is 50.8. The van der Waals surface area contributed by atoms with Crippen LogP contribution in [0.15, 0.2) is 0 Å². The van der Waals surface area contributed by atoms with Crippen LogP contribution < -0.4 is 21.3 Å². The standard InChI is InChI=1S/C17H33NO2.2C16H33NO.C11H23NO/c1-16(2,3)13-15(20)18-12-10-8-7-9-11-14(19)17(4,5)6;1-15(2,3)11-9-7-8-10-12-17-14(18)13-16(4,5)6;1-15(2,3)13-11-9-7-8-10-12-14(18)17-16(4,5)6;1-10(2,3)8-7-9(13)12-11(4,5)6/h7-13H2,1-6H3,(H,18,20);2*7-13H2,1-6H3,(H,17,18);7-8H2,1-6H3,(H,12,13). The topological polar surface area (TPSA) is 133 Å². The van der Waals surface area contributed by atoms with Crippen LogP contribution in [0.1, 0.15) is 301 Å². The molecule has 0 rings (SSSR count). The summed E-state index contributed by atoms with van der Waals surface area (Å²) < 4.78 is 0. The summed E-state index contributed by atoms with van der Waals surface area (Å²) in [6, 6.07) is 0. The summed E-state index contributed by atoms with van der Waals surface area (Å²) >= 11 is 0. The van der Waals surface area contributed by atoms with Crippen LogP contribution in [-0.4, -0.2) is 53.6 Å². The number of amides is 4. The average Bonchev–Trinajstić information content (AvgIpc) is 3.09. The Morgan fingerprint density at radius 2 is 0.580 bits per heavy atom. The SMILES string of the molecule is CC(C)(C)CC(=O)NCCCCCCC(=O)C(C)(C)C.CC(C)(C)CCC(=O)NC(C)(C)C.CC(C)(C)CCCCCCCC(=O)NC(C)(C)C.CC(C)(C)CCCCCCNC(=O)CC(C)(C)C. The van der Waals surface area contributed by atoms with Gasteiger partial charge in [-0.15, -0.1) is 0 Å². The normalized spacial score (nSPS) is 12.5. The minimum atomic E-state index is -0.207. The highest BCUT2D eigenvalue weighted by atomic mass is 16.2. The molecule has 0 heterocycles. The fourth-order valence-electron chi connectivity index (χ4n) is 6.74. The monoisotopic (exact) mass is 979 g/mol. The van der Waals surface area contributed by atoms with Gasteiger partial charge in [-0.25, -0.2) is 0 Å². The van der Waals surface area contributed by atoms with Crippen molar-refractivity contribution in [3.05, 3.63) is 0 Å². The smallest absolute Gasteiger partial charge is 0.220 e. The van der Waals surface area contributed by atoms with Gasteiger partial charge in [0.1, 0.15) is 5.78 Å². The number of Topliss-reactive ketones (excluding diaryl/α,β-unsaturated/α-hetero) is 1. The molecule has 9 nitrogen and oxygen atoms in total. The first-order chi connectivity index (χ1) is 30.8. The number of carbonyl (C=O) groups excluding carboxylic acids is 5. The second-order valence-corrected chi connectivity index (χ2v) is 29.2. The summed E-state index contributed by atoms with van der Waals surface area (Å²) in [6.45, 7) is 52.3. The van der Waals surface area contributed by atoms with Crippen molar-refractivity contribution in [1.82, 2.24) is 21.3 Å². The fraction of sp³-hybridized carbons (Fsp3) is 0.917. The van der Waals surface area contributed by atoms with E-state index in [1.54, 1.807) is 0 Å². The summed E-state index contributed by atoms with van der Waals surface area (Å²) in [6.07, 6.45) is 21.8. The lowest BCUT2D eigenvalue weighted by Crippen LogP contribution is -2.40. The number of hydrogen-bond acceptors (Lipinski definition) is 5. The average molecular weight is 980 g/mol. The van der Waals surface area contributed by atoms with Gasteiger partial charge in [0.25, 0.3) is 0 Å². The number of nitrogens with one attached hydrogen (secondary N) is 4. The lowest BCUT2D eigenvalue weighted by atomic mass is 9.88. The van der Waals surface area contributed by atoms with Crippen LogP contribution in [0.4, 0.5) is 0 Å². The highest BCUT2D eigenvalue weighted by molar-refractivity contribution is 5.83. The van der Waals surface area contributed by atoms with Crippen molar-refractivity contribution in [2.24, 2.45) is 32.5 Å². The van der Waals surface area contributed by atoms with E-state index in [1.165, 1.54) is 57.8 Å². The van der Waals surface area contributed by atoms with Crippen LogP contribution in [0, 0.1) is 32.5 Å². The number of unbranched alkanes of at least 4 members (excludes halogenated alkanes) is 10. The second kappa shape index (κ2) is 35.6. The lowest BCUT2D eigenvalue weighted by Gasteiger charge is -2.22.